The van der Waals surface area contributed by atoms with Crippen molar-refractivity contribution in [1.29, 1.82) is 0 Å². The van der Waals surface area contributed by atoms with Crippen LogP contribution in [-0.4, -0.2) is 20.1 Å². The lowest BCUT2D eigenvalue weighted by atomic mass is 10.1. The lowest BCUT2D eigenvalue weighted by molar-refractivity contribution is 0.210. The zero-order chi connectivity index (χ0) is 10.1. The maximum Gasteiger partial charge on any atom is 0.123 e. The average Bonchev–Trinajstić information content (AvgIpc) is 2.73. The number of nitrogens with zero attached hydrogens (tertiary/aromatic N) is 3. The molecule has 0 radical (unpaired) electrons. The zero-order valence-corrected chi connectivity index (χ0v) is 10.4. The van der Waals surface area contributed by atoms with Crippen molar-refractivity contribution in [3.8, 4) is 0 Å². The standard InChI is InChI=1S/C8H8IN3OS/c1-12-6(3-10-11-12)8(13)5-2-7(9)14-4-5/h2-4,8,13H,1H3. The summed E-state index contributed by atoms with van der Waals surface area (Å²) >= 11 is 3.84. The van der Waals surface area contributed by atoms with Crippen LogP contribution >= 0.6 is 33.9 Å². The number of aliphatic hydroxyl groups is 1. The Balaban J connectivity index is 2.33. The SMILES string of the molecule is Cn1nncc1C(O)c1csc(I)c1. The van der Waals surface area contributed by atoms with Gasteiger partial charge in [0.05, 0.1) is 14.8 Å². The summed E-state index contributed by atoms with van der Waals surface area (Å²) in [7, 11) is 1.77. The van der Waals surface area contributed by atoms with Crippen LogP contribution in [0.4, 0.5) is 0 Å². The highest BCUT2D eigenvalue weighted by atomic mass is 127. The van der Waals surface area contributed by atoms with Crippen molar-refractivity contribution in [2.24, 2.45) is 7.05 Å². The number of hydrogen-bond donors (Lipinski definition) is 1. The van der Waals surface area contributed by atoms with Crippen molar-refractivity contribution in [2.75, 3.05) is 0 Å². The third-order valence-corrected chi connectivity index (χ3v) is 3.74. The first-order valence-corrected chi connectivity index (χ1v) is 5.91. The Morgan fingerprint density at radius 3 is 2.93 bits per heavy atom. The second-order valence-corrected chi connectivity index (χ2v) is 5.67. The highest BCUT2D eigenvalue weighted by molar-refractivity contribution is 14.1. The molecule has 6 heteroatoms. The molecule has 0 amide bonds. The van der Waals surface area contributed by atoms with Gasteiger partial charge in [-0.2, -0.15) is 0 Å². The third kappa shape index (κ3) is 1.82. The van der Waals surface area contributed by atoms with Crippen molar-refractivity contribution < 1.29 is 5.11 Å². The first-order chi connectivity index (χ1) is 6.68. The average molecular weight is 321 g/mol. The Labute approximate surface area is 98.7 Å². The molecule has 0 aromatic carbocycles. The van der Waals surface area contributed by atoms with E-state index in [9.17, 15) is 5.11 Å². The summed E-state index contributed by atoms with van der Waals surface area (Å²) in [6.45, 7) is 0. The molecule has 0 saturated carbocycles. The van der Waals surface area contributed by atoms with E-state index < -0.39 is 6.10 Å². The minimum absolute atomic E-state index is 0.630. The molecule has 1 N–H and O–H groups in total. The molecular weight excluding hydrogens is 313 g/mol. The fourth-order valence-electron chi connectivity index (χ4n) is 1.18. The molecule has 0 aliphatic rings. The van der Waals surface area contributed by atoms with Crippen molar-refractivity contribution in [2.45, 2.75) is 6.10 Å². The van der Waals surface area contributed by atoms with Gasteiger partial charge in [-0.05, 0) is 39.6 Å². The van der Waals surface area contributed by atoms with Crippen LogP contribution in [0.1, 0.15) is 17.4 Å². The predicted octanol–water partition coefficient (Wildman–Crippen LogP) is 1.56. The van der Waals surface area contributed by atoms with Gasteiger partial charge in [0, 0.05) is 7.05 Å². The van der Waals surface area contributed by atoms with Crippen molar-refractivity contribution in [3.63, 3.8) is 0 Å². The topological polar surface area (TPSA) is 50.9 Å². The van der Waals surface area contributed by atoms with Crippen LogP contribution in [0.5, 0.6) is 0 Å². The maximum atomic E-state index is 9.98. The molecule has 0 spiro atoms. The molecule has 0 saturated heterocycles. The number of thiophene rings is 1. The largest absolute Gasteiger partial charge is 0.382 e. The molecule has 4 nitrogen and oxygen atoms in total. The third-order valence-electron chi connectivity index (χ3n) is 1.93. The van der Waals surface area contributed by atoms with E-state index in [1.54, 1.807) is 29.3 Å². The van der Waals surface area contributed by atoms with E-state index >= 15 is 0 Å². The number of aromatic nitrogens is 3. The summed E-state index contributed by atoms with van der Waals surface area (Å²) in [6, 6.07) is 1.96. The summed E-state index contributed by atoms with van der Waals surface area (Å²) < 4.78 is 2.74. The number of hydrogen-bond acceptors (Lipinski definition) is 4. The summed E-state index contributed by atoms with van der Waals surface area (Å²) in [4.78, 5) is 0. The quantitative estimate of drug-likeness (QED) is 0.854. The van der Waals surface area contributed by atoms with Gasteiger partial charge >= 0.3 is 0 Å². The van der Waals surface area contributed by atoms with Crippen LogP contribution in [0, 0.1) is 2.88 Å². The Morgan fingerprint density at radius 2 is 2.43 bits per heavy atom. The molecule has 0 fully saturated rings. The Morgan fingerprint density at radius 1 is 1.64 bits per heavy atom. The first kappa shape index (κ1) is 10.1. The first-order valence-electron chi connectivity index (χ1n) is 3.95. The van der Waals surface area contributed by atoms with Crippen molar-refractivity contribution in [1.82, 2.24) is 15.0 Å². The fraction of sp³-hybridized carbons (Fsp3) is 0.250. The van der Waals surface area contributed by atoms with E-state index in [0.29, 0.717) is 5.69 Å². The van der Waals surface area contributed by atoms with Gasteiger partial charge < -0.3 is 5.11 Å². The highest BCUT2D eigenvalue weighted by Gasteiger charge is 2.15. The van der Waals surface area contributed by atoms with Gasteiger partial charge in [0.15, 0.2) is 0 Å². The summed E-state index contributed by atoms with van der Waals surface area (Å²) in [5.41, 5.74) is 1.60. The second-order valence-electron chi connectivity index (χ2n) is 2.87. The molecule has 1 atom stereocenters. The summed E-state index contributed by atoms with van der Waals surface area (Å²) in [6.07, 6.45) is 0.949. The summed E-state index contributed by atoms with van der Waals surface area (Å²) in [5, 5.41) is 19.4. The molecule has 2 heterocycles. The van der Waals surface area contributed by atoms with Crippen molar-refractivity contribution >= 4 is 33.9 Å². The smallest absolute Gasteiger partial charge is 0.123 e. The molecule has 14 heavy (non-hydrogen) atoms. The van der Waals surface area contributed by atoms with Crippen molar-refractivity contribution in [3.05, 3.63) is 31.8 Å². The van der Waals surface area contributed by atoms with Crippen LogP contribution < -0.4 is 0 Å². The molecule has 0 aliphatic heterocycles. The van der Waals surface area contributed by atoms with E-state index in [1.165, 1.54) is 0 Å². The van der Waals surface area contributed by atoms with Crippen LogP contribution in [0.15, 0.2) is 17.6 Å². The van der Waals surface area contributed by atoms with E-state index in [2.05, 4.69) is 32.9 Å². The predicted molar refractivity (Wildman–Crippen MR) is 62.1 cm³/mol. The molecule has 2 aromatic heterocycles. The molecule has 74 valence electrons. The van der Waals surface area contributed by atoms with Gasteiger partial charge in [0.25, 0.3) is 0 Å². The number of aliphatic hydroxyl groups excluding tert-OH is 1. The normalized spacial score (nSPS) is 13.1. The van der Waals surface area contributed by atoms with Gasteiger partial charge in [0.2, 0.25) is 0 Å². The Hall–Kier alpha value is -0.470. The minimum atomic E-state index is -0.630. The molecule has 2 rings (SSSR count). The van der Waals surface area contributed by atoms with E-state index in [-0.39, 0.29) is 0 Å². The van der Waals surface area contributed by atoms with E-state index in [1.807, 2.05) is 11.4 Å². The van der Waals surface area contributed by atoms with E-state index in [4.69, 9.17) is 0 Å². The van der Waals surface area contributed by atoms with Gasteiger partial charge in [0.1, 0.15) is 6.10 Å². The molecular formula is C8H8IN3OS. The number of halogens is 1. The molecule has 0 aliphatic carbocycles. The van der Waals surface area contributed by atoms with Crippen LogP contribution in [-0.2, 0) is 7.05 Å². The van der Waals surface area contributed by atoms with Crippen LogP contribution in [0.25, 0.3) is 0 Å². The number of aryl methyl sites for hydroxylation is 1. The molecule has 1 unspecified atom stereocenters. The molecule has 2 aromatic rings. The highest BCUT2D eigenvalue weighted by Crippen LogP contribution is 2.26. The minimum Gasteiger partial charge on any atom is -0.382 e. The Kier molecular flexibility index (Phi) is 2.84. The van der Waals surface area contributed by atoms with Crippen LogP contribution in [0.3, 0.4) is 0 Å². The van der Waals surface area contributed by atoms with Gasteiger partial charge in [-0.25, -0.2) is 4.68 Å². The van der Waals surface area contributed by atoms with E-state index in [0.717, 1.165) is 8.45 Å². The number of rotatable bonds is 2. The maximum absolute atomic E-state index is 9.98. The van der Waals surface area contributed by atoms with Gasteiger partial charge in [-0.3, -0.25) is 0 Å². The monoisotopic (exact) mass is 321 g/mol. The van der Waals surface area contributed by atoms with Crippen LogP contribution in [0.2, 0.25) is 0 Å². The zero-order valence-electron chi connectivity index (χ0n) is 7.38. The molecule has 0 bridgehead atoms. The van der Waals surface area contributed by atoms with Gasteiger partial charge in [-0.15, -0.1) is 16.4 Å². The Bertz CT molecular complexity index is 439. The second kappa shape index (κ2) is 3.95. The lowest BCUT2D eigenvalue weighted by Gasteiger charge is -2.07. The van der Waals surface area contributed by atoms with Gasteiger partial charge in [-0.1, -0.05) is 5.21 Å². The summed E-state index contributed by atoms with van der Waals surface area (Å²) in [5.74, 6) is 0. The fourth-order valence-corrected chi connectivity index (χ4v) is 2.57. The lowest BCUT2D eigenvalue weighted by Crippen LogP contribution is -2.05.